The molecule has 3 aromatic rings. The average Bonchev–Trinajstić information content (AvgIpc) is 3.04. The van der Waals surface area contributed by atoms with Crippen molar-refractivity contribution in [2.45, 2.75) is 19.2 Å². The van der Waals surface area contributed by atoms with Gasteiger partial charge in [-0.1, -0.05) is 6.92 Å². The standard InChI is InChI=1S/C12H15ClN6/c1-4-8-11-12(18(3)15-8)19(10(7-13)14-11)9-5-6-17(2)16-9/h5-6H,4,7H2,1-3H3. The van der Waals surface area contributed by atoms with Gasteiger partial charge in [0.25, 0.3) is 0 Å². The monoisotopic (exact) mass is 278 g/mol. The molecule has 0 bridgehead atoms. The predicted molar refractivity (Wildman–Crippen MR) is 73.5 cm³/mol. The molecule has 3 heterocycles. The molecule has 0 amide bonds. The van der Waals surface area contributed by atoms with Crippen LogP contribution in [0.15, 0.2) is 12.3 Å². The van der Waals surface area contributed by atoms with E-state index in [0.29, 0.717) is 5.88 Å². The molecule has 0 aromatic carbocycles. The molecular formula is C12H15ClN6. The van der Waals surface area contributed by atoms with Crippen molar-refractivity contribution in [3.05, 3.63) is 23.8 Å². The molecule has 0 aliphatic heterocycles. The first-order valence-electron chi connectivity index (χ1n) is 6.14. The van der Waals surface area contributed by atoms with Gasteiger partial charge in [-0.15, -0.1) is 11.6 Å². The van der Waals surface area contributed by atoms with Crippen LogP contribution < -0.4 is 0 Å². The first-order valence-corrected chi connectivity index (χ1v) is 6.68. The molecule has 0 atom stereocenters. The van der Waals surface area contributed by atoms with Crippen LogP contribution in [-0.2, 0) is 26.4 Å². The number of nitrogens with zero attached hydrogens (tertiary/aromatic N) is 6. The van der Waals surface area contributed by atoms with Crippen LogP contribution in [0.3, 0.4) is 0 Å². The Morgan fingerprint density at radius 3 is 2.63 bits per heavy atom. The molecule has 0 aliphatic rings. The zero-order valence-electron chi connectivity index (χ0n) is 11.1. The molecule has 0 saturated carbocycles. The lowest BCUT2D eigenvalue weighted by Gasteiger charge is -2.04. The van der Waals surface area contributed by atoms with Gasteiger partial charge in [0.2, 0.25) is 0 Å². The molecule has 6 nitrogen and oxygen atoms in total. The molecule has 0 unspecified atom stereocenters. The lowest BCUT2D eigenvalue weighted by atomic mass is 10.3. The molecule has 0 fully saturated rings. The Labute approximate surface area is 115 Å². The summed E-state index contributed by atoms with van der Waals surface area (Å²) in [6.07, 6.45) is 2.74. The Hall–Kier alpha value is -1.82. The van der Waals surface area contributed by atoms with E-state index >= 15 is 0 Å². The van der Waals surface area contributed by atoms with Crippen LogP contribution in [0.1, 0.15) is 18.4 Å². The van der Waals surface area contributed by atoms with Crippen molar-refractivity contribution < 1.29 is 0 Å². The van der Waals surface area contributed by atoms with Crippen LogP contribution in [-0.4, -0.2) is 29.1 Å². The van der Waals surface area contributed by atoms with Gasteiger partial charge in [-0.2, -0.15) is 10.2 Å². The largest absolute Gasteiger partial charge is 0.274 e. The molecule has 3 aromatic heterocycles. The Morgan fingerprint density at radius 2 is 2.05 bits per heavy atom. The third-order valence-corrected chi connectivity index (χ3v) is 3.40. The summed E-state index contributed by atoms with van der Waals surface area (Å²) in [7, 11) is 3.80. The van der Waals surface area contributed by atoms with Crippen molar-refractivity contribution >= 4 is 22.8 Å². The Bertz CT molecular complexity index is 735. The van der Waals surface area contributed by atoms with Crippen molar-refractivity contribution in [2.75, 3.05) is 0 Å². The molecule has 0 radical (unpaired) electrons. The van der Waals surface area contributed by atoms with E-state index in [4.69, 9.17) is 11.6 Å². The number of hydrogen-bond acceptors (Lipinski definition) is 3. The fourth-order valence-corrected chi connectivity index (χ4v) is 2.49. The highest BCUT2D eigenvalue weighted by Crippen LogP contribution is 2.24. The van der Waals surface area contributed by atoms with Crippen LogP contribution in [0.2, 0.25) is 0 Å². The zero-order chi connectivity index (χ0) is 13.6. The van der Waals surface area contributed by atoms with Crippen molar-refractivity contribution in [2.24, 2.45) is 14.1 Å². The number of halogens is 1. The molecule has 100 valence electrons. The molecule has 0 N–H and O–H groups in total. The number of aromatic nitrogens is 6. The average molecular weight is 279 g/mol. The Balaban J connectivity index is 2.35. The second-order valence-corrected chi connectivity index (χ2v) is 4.71. The second-order valence-electron chi connectivity index (χ2n) is 4.44. The summed E-state index contributed by atoms with van der Waals surface area (Å²) in [6, 6.07) is 1.94. The van der Waals surface area contributed by atoms with Gasteiger partial charge in [0.1, 0.15) is 11.3 Å². The van der Waals surface area contributed by atoms with Gasteiger partial charge in [-0.05, 0) is 6.42 Å². The maximum absolute atomic E-state index is 6.02. The van der Waals surface area contributed by atoms with E-state index in [1.807, 2.05) is 35.6 Å². The number of fused-ring (bicyclic) bond motifs is 1. The predicted octanol–water partition coefficient (Wildman–Crippen LogP) is 1.79. The molecule has 0 aliphatic carbocycles. The van der Waals surface area contributed by atoms with E-state index in [1.54, 1.807) is 4.68 Å². The third-order valence-electron chi connectivity index (χ3n) is 3.16. The van der Waals surface area contributed by atoms with E-state index < -0.39 is 0 Å². The molecule has 19 heavy (non-hydrogen) atoms. The van der Waals surface area contributed by atoms with Crippen LogP contribution in [0.25, 0.3) is 17.0 Å². The minimum atomic E-state index is 0.342. The highest BCUT2D eigenvalue weighted by molar-refractivity contribution is 6.16. The minimum absolute atomic E-state index is 0.342. The van der Waals surface area contributed by atoms with Gasteiger partial charge in [-0.3, -0.25) is 9.25 Å². The Morgan fingerprint density at radius 1 is 1.26 bits per heavy atom. The topological polar surface area (TPSA) is 53.5 Å². The number of hydrogen-bond donors (Lipinski definition) is 0. The van der Waals surface area contributed by atoms with Crippen LogP contribution in [0.4, 0.5) is 0 Å². The van der Waals surface area contributed by atoms with Gasteiger partial charge in [0, 0.05) is 26.4 Å². The minimum Gasteiger partial charge on any atom is -0.274 e. The van der Waals surface area contributed by atoms with E-state index in [0.717, 1.165) is 34.9 Å². The van der Waals surface area contributed by atoms with Crippen LogP contribution >= 0.6 is 11.6 Å². The third kappa shape index (κ3) is 1.74. The summed E-state index contributed by atoms with van der Waals surface area (Å²) in [5.41, 5.74) is 2.83. The number of rotatable bonds is 3. The van der Waals surface area contributed by atoms with E-state index in [-0.39, 0.29) is 0 Å². The van der Waals surface area contributed by atoms with Gasteiger partial charge in [-0.25, -0.2) is 9.67 Å². The fourth-order valence-electron chi connectivity index (χ4n) is 2.32. The molecule has 7 heteroatoms. The summed E-state index contributed by atoms with van der Waals surface area (Å²) in [4.78, 5) is 4.61. The highest BCUT2D eigenvalue weighted by atomic mass is 35.5. The SMILES string of the molecule is CCc1nn(C)c2c1nc(CCl)n2-c1ccn(C)n1. The lowest BCUT2D eigenvalue weighted by molar-refractivity contribution is 0.722. The van der Waals surface area contributed by atoms with Crippen molar-refractivity contribution in [3.63, 3.8) is 0 Å². The first kappa shape index (κ1) is 12.2. The maximum Gasteiger partial charge on any atom is 0.164 e. The van der Waals surface area contributed by atoms with Gasteiger partial charge in [0.15, 0.2) is 11.5 Å². The van der Waals surface area contributed by atoms with Crippen molar-refractivity contribution in [1.82, 2.24) is 29.1 Å². The number of imidazole rings is 1. The Kier molecular flexibility index (Phi) is 2.82. The van der Waals surface area contributed by atoms with E-state index in [1.165, 1.54) is 0 Å². The summed E-state index contributed by atoms with van der Waals surface area (Å²) in [6.45, 7) is 2.07. The smallest absolute Gasteiger partial charge is 0.164 e. The summed E-state index contributed by atoms with van der Waals surface area (Å²) in [5, 5.41) is 8.92. The van der Waals surface area contributed by atoms with Crippen LogP contribution in [0.5, 0.6) is 0 Å². The lowest BCUT2D eigenvalue weighted by Crippen LogP contribution is -2.05. The first-order chi connectivity index (χ1) is 9.15. The molecule has 0 saturated heterocycles. The molecule has 3 rings (SSSR count). The molecule has 0 spiro atoms. The number of alkyl halides is 1. The van der Waals surface area contributed by atoms with E-state index in [9.17, 15) is 0 Å². The highest BCUT2D eigenvalue weighted by Gasteiger charge is 2.20. The molecular weight excluding hydrogens is 264 g/mol. The summed E-state index contributed by atoms with van der Waals surface area (Å²) >= 11 is 6.02. The second kappa shape index (κ2) is 4.38. The quantitative estimate of drug-likeness (QED) is 0.687. The number of aryl methyl sites for hydroxylation is 3. The fraction of sp³-hybridized carbons (Fsp3) is 0.417. The van der Waals surface area contributed by atoms with Gasteiger partial charge >= 0.3 is 0 Å². The van der Waals surface area contributed by atoms with Crippen LogP contribution in [0, 0.1) is 0 Å². The van der Waals surface area contributed by atoms with Gasteiger partial charge < -0.3 is 0 Å². The van der Waals surface area contributed by atoms with Crippen molar-refractivity contribution in [3.8, 4) is 5.82 Å². The summed E-state index contributed by atoms with van der Waals surface area (Å²) in [5.74, 6) is 1.94. The van der Waals surface area contributed by atoms with E-state index in [2.05, 4.69) is 22.1 Å². The van der Waals surface area contributed by atoms with Gasteiger partial charge in [0.05, 0.1) is 11.6 Å². The summed E-state index contributed by atoms with van der Waals surface area (Å²) < 4.78 is 5.57. The zero-order valence-corrected chi connectivity index (χ0v) is 11.9. The maximum atomic E-state index is 6.02. The normalized spacial score (nSPS) is 11.6. The van der Waals surface area contributed by atoms with Crippen molar-refractivity contribution in [1.29, 1.82) is 0 Å².